The average molecular weight is 252 g/mol. The van der Waals surface area contributed by atoms with Gasteiger partial charge in [-0.1, -0.05) is 0 Å². The first kappa shape index (κ1) is 14.3. The van der Waals surface area contributed by atoms with E-state index in [2.05, 4.69) is 9.47 Å². The Hall–Kier alpha value is -1.74. The predicted molar refractivity (Wildman–Crippen MR) is 33.4 cm³/mol. The summed E-state index contributed by atoms with van der Waals surface area (Å²) in [6, 6.07) is 0. The smallest absolute Gasteiger partial charge is 0.370 e. The van der Waals surface area contributed by atoms with Gasteiger partial charge in [-0.05, 0) is 0 Å². The fraction of sp³-hybridized carbons (Fsp3) is 0.333. The van der Waals surface area contributed by atoms with Gasteiger partial charge in [0, 0.05) is 12.2 Å². The molecule has 0 aromatic rings. The lowest BCUT2D eigenvalue weighted by atomic mass is 10.5. The fourth-order valence-electron chi connectivity index (χ4n) is 0.432. The molecule has 0 aromatic carbocycles. The van der Waals surface area contributed by atoms with Crippen molar-refractivity contribution in [2.24, 2.45) is 0 Å². The number of carbonyl (C=O) groups excluding carboxylic acids is 2. The van der Waals surface area contributed by atoms with Gasteiger partial charge in [0.15, 0.2) is 0 Å². The molecule has 0 atom stereocenters. The van der Waals surface area contributed by atoms with E-state index in [9.17, 15) is 35.9 Å². The number of hydrogen-bond donors (Lipinski definition) is 0. The molecular formula is C6H2F6O4. The van der Waals surface area contributed by atoms with Gasteiger partial charge in [0.05, 0.1) is 0 Å². The molecule has 0 aliphatic heterocycles. The molecule has 0 heterocycles. The first-order valence-corrected chi connectivity index (χ1v) is 3.27. The average Bonchev–Trinajstić information content (AvgIpc) is 1.94. The molecule has 0 spiro atoms. The zero-order chi connectivity index (χ0) is 13.0. The minimum atomic E-state index is -5.28. The summed E-state index contributed by atoms with van der Waals surface area (Å²) < 4.78 is 73.4. The van der Waals surface area contributed by atoms with Crippen LogP contribution in [0.5, 0.6) is 0 Å². The van der Waals surface area contributed by atoms with Gasteiger partial charge in [0.25, 0.3) is 0 Å². The number of halogens is 6. The molecule has 0 fully saturated rings. The Morgan fingerprint density at radius 2 is 1.00 bits per heavy atom. The van der Waals surface area contributed by atoms with E-state index in [-0.39, 0.29) is 12.2 Å². The molecule has 0 N–H and O–H groups in total. The van der Waals surface area contributed by atoms with Crippen LogP contribution < -0.4 is 0 Å². The van der Waals surface area contributed by atoms with Crippen LogP contribution in [0, 0.1) is 0 Å². The maximum atomic E-state index is 11.3. The number of esters is 2. The molecule has 0 bridgehead atoms. The van der Waals surface area contributed by atoms with Crippen LogP contribution in [0.15, 0.2) is 12.2 Å². The van der Waals surface area contributed by atoms with Gasteiger partial charge >= 0.3 is 24.7 Å². The molecule has 0 aromatic heterocycles. The lowest BCUT2D eigenvalue weighted by Crippen LogP contribution is -2.19. The van der Waals surface area contributed by atoms with Crippen molar-refractivity contribution < 1.29 is 45.4 Å². The number of ether oxygens (including phenoxy) is 2. The monoisotopic (exact) mass is 252 g/mol. The van der Waals surface area contributed by atoms with Gasteiger partial charge in [-0.3, -0.25) is 0 Å². The molecule has 10 heteroatoms. The molecule has 0 saturated carbocycles. The van der Waals surface area contributed by atoms with E-state index in [1.807, 2.05) is 0 Å². The van der Waals surface area contributed by atoms with Crippen molar-refractivity contribution in [3.8, 4) is 0 Å². The molecule has 4 nitrogen and oxygen atoms in total. The topological polar surface area (TPSA) is 52.6 Å². The van der Waals surface area contributed by atoms with Crippen LogP contribution in [0.2, 0.25) is 0 Å². The Bertz CT molecular complexity index is 271. The molecule has 92 valence electrons. The predicted octanol–water partition coefficient (Wildman–Crippen LogP) is 1.67. The van der Waals surface area contributed by atoms with Gasteiger partial charge in [-0.25, -0.2) is 9.59 Å². The van der Waals surface area contributed by atoms with Crippen LogP contribution in [-0.2, 0) is 19.1 Å². The highest BCUT2D eigenvalue weighted by atomic mass is 19.4. The SMILES string of the molecule is O=C(/C=C/C(=O)OC(F)(F)F)OC(F)(F)F. The quantitative estimate of drug-likeness (QED) is 0.426. The summed E-state index contributed by atoms with van der Waals surface area (Å²) in [5.41, 5.74) is 0. The highest BCUT2D eigenvalue weighted by Crippen LogP contribution is 2.17. The Morgan fingerprint density at radius 3 is 1.19 bits per heavy atom. The summed E-state index contributed by atoms with van der Waals surface area (Å²) in [5, 5.41) is 0. The normalized spacial score (nSPS) is 12.6. The van der Waals surface area contributed by atoms with Gasteiger partial charge in [-0.15, -0.1) is 26.3 Å². The maximum absolute atomic E-state index is 11.3. The lowest BCUT2D eigenvalue weighted by Gasteiger charge is -2.04. The van der Waals surface area contributed by atoms with E-state index in [1.165, 1.54) is 0 Å². The zero-order valence-electron chi connectivity index (χ0n) is 7.06. The highest BCUT2D eigenvalue weighted by Gasteiger charge is 2.34. The van der Waals surface area contributed by atoms with Crippen molar-refractivity contribution >= 4 is 11.9 Å². The van der Waals surface area contributed by atoms with Crippen molar-refractivity contribution in [3.63, 3.8) is 0 Å². The number of carbonyl (C=O) groups is 2. The van der Waals surface area contributed by atoms with Crippen molar-refractivity contribution in [3.05, 3.63) is 12.2 Å². The Kier molecular flexibility index (Phi) is 4.33. The lowest BCUT2D eigenvalue weighted by molar-refractivity contribution is -0.305. The molecule has 0 unspecified atom stereocenters. The van der Waals surface area contributed by atoms with E-state index in [4.69, 9.17) is 0 Å². The van der Waals surface area contributed by atoms with Crippen LogP contribution in [0.25, 0.3) is 0 Å². The molecule has 16 heavy (non-hydrogen) atoms. The Morgan fingerprint density at radius 1 is 0.750 bits per heavy atom. The first-order valence-electron chi connectivity index (χ1n) is 3.27. The van der Waals surface area contributed by atoms with E-state index in [0.717, 1.165) is 0 Å². The number of alkyl halides is 6. The molecule has 0 radical (unpaired) electrons. The van der Waals surface area contributed by atoms with Crippen LogP contribution in [0.1, 0.15) is 0 Å². The second kappa shape index (κ2) is 4.86. The van der Waals surface area contributed by atoms with E-state index < -0.39 is 24.7 Å². The Labute approximate surface area is 83.4 Å². The van der Waals surface area contributed by atoms with E-state index >= 15 is 0 Å². The van der Waals surface area contributed by atoms with Gasteiger partial charge in [0.1, 0.15) is 0 Å². The summed E-state index contributed by atoms with van der Waals surface area (Å²) in [4.78, 5) is 20.4. The third kappa shape index (κ3) is 8.84. The summed E-state index contributed by atoms with van der Waals surface area (Å²) in [6.45, 7) is 0. The number of rotatable bonds is 2. The first-order chi connectivity index (χ1) is 6.99. The van der Waals surface area contributed by atoms with Crippen LogP contribution in [0.3, 0.4) is 0 Å². The van der Waals surface area contributed by atoms with Crippen LogP contribution >= 0.6 is 0 Å². The van der Waals surface area contributed by atoms with Gasteiger partial charge < -0.3 is 9.47 Å². The van der Waals surface area contributed by atoms with Gasteiger partial charge in [0.2, 0.25) is 0 Å². The third-order valence-electron chi connectivity index (χ3n) is 0.788. The maximum Gasteiger partial charge on any atom is 0.575 e. The van der Waals surface area contributed by atoms with Crippen LogP contribution in [0.4, 0.5) is 26.3 Å². The summed E-state index contributed by atoms with van der Waals surface area (Å²) in [7, 11) is 0. The van der Waals surface area contributed by atoms with Crippen molar-refractivity contribution in [1.29, 1.82) is 0 Å². The van der Waals surface area contributed by atoms with Crippen molar-refractivity contribution in [1.82, 2.24) is 0 Å². The summed E-state index contributed by atoms with van der Waals surface area (Å²) in [5.74, 6) is -4.10. The molecular weight excluding hydrogens is 250 g/mol. The molecule has 0 aliphatic rings. The zero-order valence-corrected chi connectivity index (χ0v) is 7.06. The fourth-order valence-corrected chi connectivity index (χ4v) is 0.432. The summed E-state index contributed by atoms with van der Waals surface area (Å²) in [6.07, 6.45) is -10.9. The molecule has 0 aliphatic carbocycles. The van der Waals surface area contributed by atoms with E-state index in [1.54, 1.807) is 0 Å². The minimum Gasteiger partial charge on any atom is -0.370 e. The summed E-state index contributed by atoms with van der Waals surface area (Å²) >= 11 is 0. The van der Waals surface area contributed by atoms with Gasteiger partial charge in [-0.2, -0.15) is 0 Å². The molecule has 0 rings (SSSR count). The third-order valence-corrected chi connectivity index (χ3v) is 0.788. The van der Waals surface area contributed by atoms with Crippen molar-refractivity contribution in [2.45, 2.75) is 12.7 Å². The number of hydrogen-bond acceptors (Lipinski definition) is 4. The Balaban J connectivity index is 4.20. The second-order valence-corrected chi connectivity index (χ2v) is 2.07. The molecule has 0 saturated heterocycles. The second-order valence-electron chi connectivity index (χ2n) is 2.07. The largest absolute Gasteiger partial charge is 0.575 e. The highest BCUT2D eigenvalue weighted by molar-refractivity contribution is 5.91. The van der Waals surface area contributed by atoms with E-state index in [0.29, 0.717) is 0 Å². The van der Waals surface area contributed by atoms with Crippen LogP contribution in [-0.4, -0.2) is 24.7 Å². The molecule has 0 amide bonds. The standard InChI is InChI=1S/C6H2F6O4/c7-5(8,9)15-3(13)1-2-4(14)16-6(10,11)12/h1-2H/b2-1+. The van der Waals surface area contributed by atoms with Crippen molar-refractivity contribution in [2.75, 3.05) is 0 Å². The minimum absolute atomic E-state index is 0.151.